The van der Waals surface area contributed by atoms with Gasteiger partial charge in [-0.15, -0.1) is 0 Å². The molecular formula is C23H28N2O5S. The number of sulfonamides is 1. The van der Waals surface area contributed by atoms with Gasteiger partial charge in [-0.25, -0.2) is 8.42 Å². The van der Waals surface area contributed by atoms with Crippen LogP contribution in [0.15, 0.2) is 47.4 Å². The first-order valence-electron chi connectivity index (χ1n) is 10.6. The van der Waals surface area contributed by atoms with Crippen molar-refractivity contribution in [3.8, 4) is 0 Å². The van der Waals surface area contributed by atoms with Crippen LogP contribution in [0.5, 0.6) is 0 Å². The molecule has 2 saturated heterocycles. The topological polar surface area (TPSA) is 84.9 Å². The molecule has 0 bridgehead atoms. The molecular weight excluding hydrogens is 416 g/mol. The molecule has 2 heterocycles. The number of ether oxygens (including phenoxy) is 2. The highest BCUT2D eigenvalue weighted by Crippen LogP contribution is 2.27. The smallest absolute Gasteiger partial charge is 0.261 e. The van der Waals surface area contributed by atoms with E-state index in [-0.39, 0.29) is 23.0 Å². The number of hydrogen-bond acceptors (Lipinski definition) is 5. The number of nitrogens with one attached hydrogen (secondary N) is 1. The molecule has 2 aliphatic heterocycles. The van der Waals surface area contributed by atoms with Gasteiger partial charge in [0.1, 0.15) is 0 Å². The lowest BCUT2D eigenvalue weighted by Gasteiger charge is -2.35. The van der Waals surface area contributed by atoms with Gasteiger partial charge in [0.2, 0.25) is 0 Å². The lowest BCUT2D eigenvalue weighted by molar-refractivity contribution is -0.0969. The Labute approximate surface area is 183 Å². The SMILES string of the molecule is Cc1cccc(NS(=O)(=O)c2ccc(C)c(C(=O)N3CCCC(C4OCCO4)C3)c2)c1. The highest BCUT2D eigenvalue weighted by atomic mass is 32.2. The van der Waals surface area contributed by atoms with Gasteiger partial charge < -0.3 is 14.4 Å². The van der Waals surface area contributed by atoms with Crippen molar-refractivity contribution in [3.63, 3.8) is 0 Å². The lowest BCUT2D eigenvalue weighted by Crippen LogP contribution is -2.44. The number of piperidine rings is 1. The van der Waals surface area contributed by atoms with Crippen LogP contribution in [-0.2, 0) is 19.5 Å². The Hall–Kier alpha value is -2.42. The molecule has 2 aliphatic rings. The predicted molar refractivity (Wildman–Crippen MR) is 117 cm³/mol. The number of anilines is 1. The summed E-state index contributed by atoms with van der Waals surface area (Å²) < 4.78 is 39.7. The molecule has 4 rings (SSSR count). The number of likely N-dealkylation sites (tertiary alicyclic amines) is 1. The van der Waals surface area contributed by atoms with Crippen molar-refractivity contribution in [2.45, 2.75) is 37.9 Å². The Kier molecular flexibility index (Phi) is 6.31. The first-order valence-corrected chi connectivity index (χ1v) is 12.0. The molecule has 31 heavy (non-hydrogen) atoms. The molecule has 2 aromatic carbocycles. The van der Waals surface area contributed by atoms with Gasteiger partial charge in [-0.3, -0.25) is 9.52 Å². The number of nitrogens with zero attached hydrogens (tertiary/aromatic N) is 1. The zero-order chi connectivity index (χ0) is 22.0. The van der Waals surface area contributed by atoms with Gasteiger partial charge in [-0.2, -0.15) is 0 Å². The van der Waals surface area contributed by atoms with Crippen LogP contribution < -0.4 is 4.72 Å². The summed E-state index contributed by atoms with van der Waals surface area (Å²) in [5, 5.41) is 0. The molecule has 0 radical (unpaired) electrons. The van der Waals surface area contributed by atoms with Gasteiger partial charge in [-0.1, -0.05) is 18.2 Å². The third kappa shape index (κ3) is 4.92. The van der Waals surface area contributed by atoms with E-state index in [1.807, 2.05) is 19.9 Å². The fourth-order valence-corrected chi connectivity index (χ4v) is 5.23. The highest BCUT2D eigenvalue weighted by molar-refractivity contribution is 7.92. The second-order valence-electron chi connectivity index (χ2n) is 8.22. The third-order valence-electron chi connectivity index (χ3n) is 5.80. The summed E-state index contributed by atoms with van der Waals surface area (Å²) >= 11 is 0. The van der Waals surface area contributed by atoms with Crippen LogP contribution in [0, 0.1) is 19.8 Å². The first-order chi connectivity index (χ1) is 14.8. The molecule has 7 nitrogen and oxygen atoms in total. The Morgan fingerprint density at radius 3 is 2.61 bits per heavy atom. The van der Waals surface area contributed by atoms with E-state index in [9.17, 15) is 13.2 Å². The number of carbonyl (C=O) groups excluding carboxylic acids is 1. The maximum atomic E-state index is 13.3. The summed E-state index contributed by atoms with van der Waals surface area (Å²) in [6, 6.07) is 11.8. The fourth-order valence-electron chi connectivity index (χ4n) is 4.16. The van der Waals surface area contributed by atoms with E-state index >= 15 is 0 Å². The number of rotatable bonds is 5. The maximum absolute atomic E-state index is 13.3. The van der Waals surface area contributed by atoms with E-state index in [2.05, 4.69) is 4.72 Å². The van der Waals surface area contributed by atoms with E-state index in [1.54, 1.807) is 29.2 Å². The number of hydrogen-bond donors (Lipinski definition) is 1. The average Bonchev–Trinajstić information content (AvgIpc) is 3.28. The Morgan fingerprint density at radius 1 is 1.10 bits per heavy atom. The molecule has 2 aromatic rings. The van der Waals surface area contributed by atoms with Gasteiger partial charge in [0, 0.05) is 30.3 Å². The lowest BCUT2D eigenvalue weighted by atomic mass is 9.96. The molecule has 0 aliphatic carbocycles. The Bertz CT molecular complexity index is 1060. The average molecular weight is 445 g/mol. The quantitative estimate of drug-likeness (QED) is 0.765. The molecule has 8 heteroatoms. The fraction of sp³-hybridized carbons (Fsp3) is 0.435. The van der Waals surface area contributed by atoms with Crippen LogP contribution in [0.25, 0.3) is 0 Å². The number of benzene rings is 2. The van der Waals surface area contributed by atoms with Crippen molar-refractivity contribution >= 4 is 21.6 Å². The van der Waals surface area contributed by atoms with Crippen LogP contribution in [0.3, 0.4) is 0 Å². The molecule has 1 amide bonds. The van der Waals surface area contributed by atoms with Crippen molar-refractivity contribution < 1.29 is 22.7 Å². The summed E-state index contributed by atoms with van der Waals surface area (Å²) in [6.45, 7) is 6.07. The zero-order valence-corrected chi connectivity index (χ0v) is 18.7. The van der Waals surface area contributed by atoms with E-state index < -0.39 is 10.0 Å². The minimum Gasteiger partial charge on any atom is -0.350 e. The van der Waals surface area contributed by atoms with Gasteiger partial charge in [-0.05, 0) is 62.1 Å². The first kappa shape index (κ1) is 21.8. The van der Waals surface area contributed by atoms with Crippen LogP contribution >= 0.6 is 0 Å². The molecule has 166 valence electrons. The van der Waals surface area contributed by atoms with Crippen molar-refractivity contribution in [3.05, 3.63) is 59.2 Å². The minimum atomic E-state index is -3.82. The predicted octanol–water partition coefficient (Wildman–Crippen LogP) is 3.33. The normalized spacial score (nSPS) is 20.1. The largest absolute Gasteiger partial charge is 0.350 e. The van der Waals surface area contributed by atoms with Crippen LogP contribution in [0.1, 0.15) is 34.3 Å². The standard InChI is InChI=1S/C23H28N2O5S/c1-16-5-3-7-19(13-16)24-31(27,28)20-9-8-17(2)21(14-20)22(26)25-10-4-6-18(15-25)23-29-11-12-30-23/h3,5,7-9,13-14,18,23-24H,4,6,10-12,15H2,1-2H3. The number of carbonyl (C=O) groups is 1. The molecule has 0 spiro atoms. The number of aryl methyl sites for hydroxylation is 2. The minimum absolute atomic E-state index is 0.0685. The number of amides is 1. The van der Waals surface area contributed by atoms with Crippen molar-refractivity contribution in [1.82, 2.24) is 4.90 Å². The van der Waals surface area contributed by atoms with E-state index in [4.69, 9.17) is 9.47 Å². The molecule has 1 atom stereocenters. The van der Waals surface area contributed by atoms with E-state index in [0.717, 1.165) is 24.0 Å². The monoisotopic (exact) mass is 444 g/mol. The molecule has 2 fully saturated rings. The molecule has 0 aromatic heterocycles. The summed E-state index contributed by atoms with van der Waals surface area (Å²) in [5.74, 6) is -0.0248. The summed E-state index contributed by atoms with van der Waals surface area (Å²) in [5.41, 5.74) is 2.59. The second-order valence-corrected chi connectivity index (χ2v) is 9.90. The molecule has 1 N–H and O–H groups in total. The maximum Gasteiger partial charge on any atom is 0.261 e. The van der Waals surface area contributed by atoms with Crippen LogP contribution in [0.4, 0.5) is 5.69 Å². The van der Waals surface area contributed by atoms with Crippen molar-refractivity contribution in [2.24, 2.45) is 5.92 Å². The third-order valence-corrected chi connectivity index (χ3v) is 7.18. The van der Waals surface area contributed by atoms with Gasteiger partial charge >= 0.3 is 0 Å². The molecule has 0 saturated carbocycles. The van der Waals surface area contributed by atoms with E-state index in [1.165, 1.54) is 12.1 Å². The van der Waals surface area contributed by atoms with Crippen LogP contribution in [0.2, 0.25) is 0 Å². The van der Waals surface area contributed by atoms with Crippen LogP contribution in [-0.4, -0.2) is 51.8 Å². The summed E-state index contributed by atoms with van der Waals surface area (Å²) in [7, 11) is -3.82. The Morgan fingerprint density at radius 2 is 1.87 bits per heavy atom. The summed E-state index contributed by atoms with van der Waals surface area (Å²) in [4.78, 5) is 15.1. The second kappa shape index (κ2) is 8.98. The van der Waals surface area contributed by atoms with Gasteiger partial charge in [0.05, 0.1) is 18.1 Å². The van der Waals surface area contributed by atoms with E-state index in [0.29, 0.717) is 37.6 Å². The van der Waals surface area contributed by atoms with Crippen molar-refractivity contribution in [1.29, 1.82) is 0 Å². The Balaban J connectivity index is 1.55. The van der Waals surface area contributed by atoms with Gasteiger partial charge in [0.15, 0.2) is 6.29 Å². The zero-order valence-electron chi connectivity index (χ0n) is 17.8. The van der Waals surface area contributed by atoms with Crippen molar-refractivity contribution in [2.75, 3.05) is 31.0 Å². The highest BCUT2D eigenvalue weighted by Gasteiger charge is 2.33. The molecule has 1 unspecified atom stereocenters. The van der Waals surface area contributed by atoms with Gasteiger partial charge in [0.25, 0.3) is 15.9 Å². The summed E-state index contributed by atoms with van der Waals surface area (Å²) in [6.07, 6.45) is 1.55.